The second-order valence-electron chi connectivity index (χ2n) is 6.41. The molecule has 126 valence electrons. The van der Waals surface area contributed by atoms with Gasteiger partial charge < -0.3 is 9.88 Å². The number of carbonyl (C=O) groups excluding carboxylic acids is 1. The lowest BCUT2D eigenvalue weighted by atomic mass is 9.71. The maximum Gasteiger partial charge on any atom is 0.251 e. The SMILES string of the molecule is O=C(NC1(c2ccc(F)cc2)CCC1)c1ccc(-n2ccnc2)cc1. The maximum absolute atomic E-state index is 13.2. The minimum absolute atomic E-state index is 0.110. The molecule has 0 atom stereocenters. The van der Waals surface area contributed by atoms with Gasteiger partial charge in [0.15, 0.2) is 0 Å². The van der Waals surface area contributed by atoms with E-state index in [-0.39, 0.29) is 17.3 Å². The average molecular weight is 335 g/mol. The summed E-state index contributed by atoms with van der Waals surface area (Å²) in [6.45, 7) is 0. The Labute approximate surface area is 145 Å². The molecule has 0 spiro atoms. The molecule has 3 aromatic rings. The van der Waals surface area contributed by atoms with Crippen molar-refractivity contribution in [2.45, 2.75) is 24.8 Å². The van der Waals surface area contributed by atoms with E-state index in [4.69, 9.17) is 0 Å². The summed E-state index contributed by atoms with van der Waals surface area (Å²) in [6, 6.07) is 13.8. The Morgan fingerprint density at radius 2 is 1.80 bits per heavy atom. The molecule has 25 heavy (non-hydrogen) atoms. The number of carbonyl (C=O) groups is 1. The zero-order valence-corrected chi connectivity index (χ0v) is 13.7. The molecule has 4 rings (SSSR count). The van der Waals surface area contributed by atoms with E-state index < -0.39 is 0 Å². The van der Waals surface area contributed by atoms with Crippen LogP contribution >= 0.6 is 0 Å². The van der Waals surface area contributed by atoms with E-state index in [2.05, 4.69) is 10.3 Å². The maximum atomic E-state index is 13.2. The second-order valence-corrected chi connectivity index (χ2v) is 6.41. The number of benzene rings is 2. The molecule has 0 radical (unpaired) electrons. The van der Waals surface area contributed by atoms with Crippen LogP contribution in [-0.2, 0) is 5.54 Å². The predicted octanol–water partition coefficient (Wildman–Crippen LogP) is 3.82. The Morgan fingerprint density at radius 3 is 2.36 bits per heavy atom. The molecule has 0 saturated heterocycles. The molecule has 1 N–H and O–H groups in total. The van der Waals surface area contributed by atoms with Crippen LogP contribution in [0.2, 0.25) is 0 Å². The van der Waals surface area contributed by atoms with Gasteiger partial charge in [-0.3, -0.25) is 4.79 Å². The molecule has 1 aliphatic rings. The number of rotatable bonds is 4. The average Bonchev–Trinajstić information content (AvgIpc) is 3.14. The van der Waals surface area contributed by atoms with Crippen molar-refractivity contribution in [3.05, 3.63) is 84.2 Å². The normalized spacial score (nSPS) is 15.4. The van der Waals surface area contributed by atoms with Crippen molar-refractivity contribution >= 4 is 5.91 Å². The lowest BCUT2D eigenvalue weighted by Crippen LogP contribution is -2.50. The summed E-state index contributed by atoms with van der Waals surface area (Å²) >= 11 is 0. The van der Waals surface area contributed by atoms with E-state index in [0.717, 1.165) is 30.5 Å². The summed E-state index contributed by atoms with van der Waals surface area (Å²) in [5, 5.41) is 3.16. The number of amides is 1. The molecule has 0 aliphatic heterocycles. The minimum atomic E-state index is -0.381. The van der Waals surface area contributed by atoms with E-state index >= 15 is 0 Å². The summed E-state index contributed by atoms with van der Waals surface area (Å²) in [4.78, 5) is 16.7. The first kappa shape index (κ1) is 15.6. The monoisotopic (exact) mass is 335 g/mol. The van der Waals surface area contributed by atoms with Gasteiger partial charge in [-0.15, -0.1) is 0 Å². The van der Waals surface area contributed by atoms with Gasteiger partial charge in [-0.25, -0.2) is 9.37 Å². The number of hydrogen-bond acceptors (Lipinski definition) is 2. The Balaban J connectivity index is 1.53. The van der Waals surface area contributed by atoms with Crippen molar-refractivity contribution in [2.75, 3.05) is 0 Å². The van der Waals surface area contributed by atoms with E-state index in [1.165, 1.54) is 12.1 Å². The van der Waals surface area contributed by atoms with Crippen molar-refractivity contribution in [3.8, 4) is 5.69 Å². The summed E-state index contributed by atoms with van der Waals surface area (Å²) in [5.41, 5.74) is 2.14. The topological polar surface area (TPSA) is 46.9 Å². The van der Waals surface area contributed by atoms with E-state index in [1.807, 2.05) is 35.0 Å². The number of aromatic nitrogens is 2. The summed E-state index contributed by atoms with van der Waals surface area (Å²) in [6.07, 6.45) is 8.08. The molecule has 1 heterocycles. The van der Waals surface area contributed by atoms with Gasteiger partial charge in [-0.2, -0.15) is 0 Å². The van der Waals surface area contributed by atoms with Gasteiger partial charge in [-0.05, 0) is 61.2 Å². The van der Waals surface area contributed by atoms with Crippen molar-refractivity contribution in [1.82, 2.24) is 14.9 Å². The van der Waals surface area contributed by atoms with Crippen LogP contribution in [0.1, 0.15) is 35.2 Å². The first-order chi connectivity index (χ1) is 12.2. The smallest absolute Gasteiger partial charge is 0.251 e. The first-order valence-corrected chi connectivity index (χ1v) is 8.33. The number of nitrogens with one attached hydrogen (secondary N) is 1. The van der Waals surface area contributed by atoms with Crippen molar-refractivity contribution < 1.29 is 9.18 Å². The third-order valence-corrected chi connectivity index (χ3v) is 4.89. The van der Waals surface area contributed by atoms with Gasteiger partial charge in [-0.1, -0.05) is 12.1 Å². The first-order valence-electron chi connectivity index (χ1n) is 8.33. The van der Waals surface area contributed by atoms with Crippen LogP contribution in [0.25, 0.3) is 5.69 Å². The number of imidazole rings is 1. The number of halogens is 1. The predicted molar refractivity (Wildman–Crippen MR) is 93.0 cm³/mol. The van der Waals surface area contributed by atoms with Crippen molar-refractivity contribution in [1.29, 1.82) is 0 Å². The van der Waals surface area contributed by atoms with Gasteiger partial charge in [0.25, 0.3) is 5.91 Å². The van der Waals surface area contributed by atoms with Gasteiger partial charge >= 0.3 is 0 Å². The van der Waals surface area contributed by atoms with E-state index in [9.17, 15) is 9.18 Å². The highest BCUT2D eigenvalue weighted by molar-refractivity contribution is 5.95. The number of hydrogen-bond donors (Lipinski definition) is 1. The van der Waals surface area contributed by atoms with Crippen molar-refractivity contribution in [2.24, 2.45) is 0 Å². The Kier molecular flexibility index (Phi) is 3.84. The fourth-order valence-electron chi connectivity index (χ4n) is 3.27. The lowest BCUT2D eigenvalue weighted by Gasteiger charge is -2.43. The standard InChI is InChI=1S/C20H18FN3O/c21-17-6-4-16(5-7-17)20(10-1-11-20)23-19(25)15-2-8-18(9-3-15)24-13-12-22-14-24/h2-9,12-14H,1,10-11H2,(H,23,25). The van der Waals surface area contributed by atoms with Crippen LogP contribution in [0, 0.1) is 5.82 Å². The van der Waals surface area contributed by atoms with Crippen LogP contribution < -0.4 is 5.32 Å². The Morgan fingerprint density at radius 1 is 1.08 bits per heavy atom. The molecular formula is C20H18FN3O. The van der Waals surface area contributed by atoms with Crippen LogP contribution in [0.5, 0.6) is 0 Å². The molecule has 1 fully saturated rings. The molecule has 1 saturated carbocycles. The fourth-order valence-corrected chi connectivity index (χ4v) is 3.27. The summed E-state index contributed by atoms with van der Waals surface area (Å²) in [5.74, 6) is -0.374. The molecule has 2 aromatic carbocycles. The van der Waals surface area contributed by atoms with E-state index in [1.54, 1.807) is 24.7 Å². The van der Waals surface area contributed by atoms with E-state index in [0.29, 0.717) is 5.56 Å². The fraction of sp³-hybridized carbons (Fsp3) is 0.200. The molecule has 1 amide bonds. The van der Waals surface area contributed by atoms with Gasteiger partial charge in [0, 0.05) is 23.6 Å². The lowest BCUT2D eigenvalue weighted by molar-refractivity contribution is 0.0823. The quantitative estimate of drug-likeness (QED) is 0.788. The van der Waals surface area contributed by atoms with Crippen LogP contribution in [0.15, 0.2) is 67.3 Å². The summed E-state index contributed by atoms with van der Waals surface area (Å²) in [7, 11) is 0. The highest BCUT2D eigenvalue weighted by Crippen LogP contribution is 2.41. The van der Waals surface area contributed by atoms with Gasteiger partial charge in [0.05, 0.1) is 11.9 Å². The zero-order valence-electron chi connectivity index (χ0n) is 13.7. The third kappa shape index (κ3) is 2.93. The Bertz CT molecular complexity index is 866. The second kappa shape index (κ2) is 6.16. The van der Waals surface area contributed by atoms with Gasteiger partial charge in [0.2, 0.25) is 0 Å². The zero-order chi connectivity index (χ0) is 17.3. The van der Waals surface area contributed by atoms with Crippen molar-refractivity contribution in [3.63, 3.8) is 0 Å². The van der Waals surface area contributed by atoms with Gasteiger partial charge in [0.1, 0.15) is 5.82 Å². The molecule has 4 nitrogen and oxygen atoms in total. The molecule has 0 unspecified atom stereocenters. The Hall–Kier alpha value is -2.95. The highest BCUT2D eigenvalue weighted by Gasteiger charge is 2.40. The molecule has 1 aliphatic carbocycles. The largest absolute Gasteiger partial charge is 0.343 e. The third-order valence-electron chi connectivity index (χ3n) is 4.89. The molecule has 0 bridgehead atoms. The van der Waals surface area contributed by atoms with Crippen LogP contribution in [0.4, 0.5) is 4.39 Å². The van der Waals surface area contributed by atoms with Crippen LogP contribution in [-0.4, -0.2) is 15.5 Å². The minimum Gasteiger partial charge on any atom is -0.343 e. The van der Waals surface area contributed by atoms with Crippen LogP contribution in [0.3, 0.4) is 0 Å². The summed E-state index contributed by atoms with van der Waals surface area (Å²) < 4.78 is 15.1. The molecular weight excluding hydrogens is 317 g/mol. The molecule has 5 heteroatoms. The highest BCUT2D eigenvalue weighted by atomic mass is 19.1. The number of nitrogens with zero attached hydrogens (tertiary/aromatic N) is 2. The molecule has 1 aromatic heterocycles.